The third kappa shape index (κ3) is 3.10. The number of methoxy groups -OCH3 is 2. The number of rotatable bonds is 2. The first-order valence-corrected chi connectivity index (χ1v) is 20.4. The molecule has 8 fully saturated rings. The highest BCUT2D eigenvalue weighted by molar-refractivity contribution is 5.93. The van der Waals surface area contributed by atoms with Crippen LogP contribution in [0.2, 0.25) is 0 Å². The van der Waals surface area contributed by atoms with E-state index in [9.17, 15) is 9.90 Å². The Morgan fingerprint density at radius 2 is 1.75 bits per heavy atom. The molecule has 7 saturated heterocycles. The summed E-state index contributed by atoms with van der Waals surface area (Å²) in [5.74, 6) is 0.670. The van der Waals surface area contributed by atoms with E-state index in [4.69, 9.17) is 18.9 Å². The van der Waals surface area contributed by atoms with Gasteiger partial charge in [0, 0.05) is 90.2 Å². The molecule has 9 aliphatic heterocycles. The molecule has 2 aliphatic carbocycles. The number of benzene rings is 2. The quantitative estimate of drug-likeness (QED) is 0.441. The van der Waals surface area contributed by atoms with Crippen LogP contribution in [-0.2, 0) is 29.8 Å². The van der Waals surface area contributed by atoms with E-state index in [2.05, 4.69) is 62.5 Å². The van der Waals surface area contributed by atoms with E-state index in [-0.39, 0.29) is 57.8 Å². The van der Waals surface area contributed by atoms with Crippen LogP contribution in [0.5, 0.6) is 5.75 Å². The van der Waals surface area contributed by atoms with Crippen LogP contribution < -0.4 is 15.0 Å². The Morgan fingerprint density at radius 3 is 2.64 bits per heavy atom. The van der Waals surface area contributed by atoms with Gasteiger partial charge in [0.1, 0.15) is 5.75 Å². The lowest BCUT2D eigenvalue weighted by atomic mass is 9.43. The maximum atomic E-state index is 14.0. The molecule has 0 amide bonds. The molecular weight excluding hydrogens is 668 g/mol. The Labute approximate surface area is 310 Å². The molecule has 5 spiro atoms. The highest BCUT2D eigenvalue weighted by Gasteiger charge is 2.83. The summed E-state index contributed by atoms with van der Waals surface area (Å²) in [6.45, 7) is 6.18. The van der Waals surface area contributed by atoms with Crippen LogP contribution in [0.4, 0.5) is 11.4 Å². The standard InChI is InChI=1S/C43H50N4O6/c1-50-26-7-8-29-31(19-26)47-24-38(20-25-21-39-12-17-52-32(39)9-14-45-16-11-42(29,36(39)45)43(25,47)49)23-46-15-10-41-28-5-3-4-6-30(28)44-33(41)27(34(48)51-2)22-40(35(41)46)13-18-53-37(38)40/h3-8,19,25,32,35-37,44,49H,9-18,20-24H2,1-2H3/t25-,32+,35+,36+,37+,38+,39-,40+,41+,42-,43-/m1/s1. The fourth-order valence-corrected chi connectivity index (χ4v) is 16.7. The minimum atomic E-state index is -1.01. The maximum absolute atomic E-state index is 14.0. The minimum Gasteiger partial charge on any atom is -0.497 e. The van der Waals surface area contributed by atoms with Crippen molar-refractivity contribution in [3.8, 4) is 5.75 Å². The molecule has 0 aromatic heterocycles. The molecule has 1 saturated carbocycles. The first-order chi connectivity index (χ1) is 25.8. The van der Waals surface area contributed by atoms with Crippen LogP contribution in [0.25, 0.3) is 0 Å². The summed E-state index contributed by atoms with van der Waals surface area (Å²) in [6, 6.07) is 15.9. The summed E-state index contributed by atoms with van der Waals surface area (Å²) in [4.78, 5) is 22.0. The average molecular weight is 719 g/mol. The Balaban J connectivity index is 1.02. The molecule has 53 heavy (non-hydrogen) atoms. The van der Waals surface area contributed by atoms with E-state index in [1.165, 1.54) is 18.2 Å². The topological polar surface area (TPSA) is 96.0 Å². The molecule has 2 aromatic rings. The zero-order valence-electron chi connectivity index (χ0n) is 30.9. The Bertz CT molecular complexity index is 2060. The number of nitrogens with zero attached hydrogens (tertiary/aromatic N) is 3. The molecule has 10 heteroatoms. The molecule has 10 nitrogen and oxygen atoms in total. The normalized spacial score (nSPS) is 47.6. The highest BCUT2D eigenvalue weighted by Crippen LogP contribution is 2.77. The third-order valence-corrected chi connectivity index (χ3v) is 17.7. The van der Waals surface area contributed by atoms with Crippen LogP contribution in [0, 0.1) is 22.2 Å². The zero-order valence-corrected chi connectivity index (χ0v) is 30.9. The van der Waals surface area contributed by atoms with Gasteiger partial charge in [-0.25, -0.2) is 4.79 Å². The van der Waals surface area contributed by atoms with E-state index in [0.717, 1.165) is 113 Å². The molecule has 0 bridgehead atoms. The molecule has 2 N–H and O–H groups in total. The Kier molecular flexibility index (Phi) is 5.64. The smallest absolute Gasteiger partial charge is 0.335 e. The van der Waals surface area contributed by atoms with Gasteiger partial charge in [-0.05, 0) is 87.7 Å². The Hall–Kier alpha value is -3.15. The van der Waals surface area contributed by atoms with Gasteiger partial charge in [0.2, 0.25) is 0 Å². The van der Waals surface area contributed by atoms with Crippen LogP contribution in [0.1, 0.15) is 62.5 Å². The first-order valence-electron chi connectivity index (χ1n) is 20.4. The van der Waals surface area contributed by atoms with E-state index >= 15 is 0 Å². The van der Waals surface area contributed by atoms with Crippen molar-refractivity contribution in [1.82, 2.24) is 9.80 Å². The fourth-order valence-electron chi connectivity index (χ4n) is 16.7. The van der Waals surface area contributed by atoms with Crippen molar-refractivity contribution in [1.29, 1.82) is 0 Å². The zero-order chi connectivity index (χ0) is 35.3. The first kappa shape index (κ1) is 31.1. The van der Waals surface area contributed by atoms with Crippen LogP contribution in [0.15, 0.2) is 53.7 Å². The van der Waals surface area contributed by atoms with Gasteiger partial charge < -0.3 is 34.3 Å². The van der Waals surface area contributed by atoms with Crippen molar-refractivity contribution >= 4 is 17.3 Å². The molecular formula is C43H50N4O6. The number of hydrogen-bond acceptors (Lipinski definition) is 10. The van der Waals surface area contributed by atoms with E-state index < -0.39 is 11.1 Å². The predicted molar refractivity (Wildman–Crippen MR) is 196 cm³/mol. The average Bonchev–Trinajstić information content (AvgIpc) is 4.02. The number of hydrogen-bond donors (Lipinski definition) is 2. The van der Waals surface area contributed by atoms with Crippen LogP contribution in [-0.4, -0.2) is 111 Å². The van der Waals surface area contributed by atoms with Crippen LogP contribution >= 0.6 is 0 Å². The lowest BCUT2D eigenvalue weighted by Crippen LogP contribution is -2.81. The summed E-state index contributed by atoms with van der Waals surface area (Å²) >= 11 is 0. The fraction of sp³-hybridized carbons (Fsp3) is 0.651. The molecule has 0 radical (unpaired) electrons. The van der Waals surface area contributed by atoms with Crippen molar-refractivity contribution in [2.24, 2.45) is 22.2 Å². The van der Waals surface area contributed by atoms with Gasteiger partial charge in [0.05, 0.1) is 42.8 Å². The number of carbonyl (C=O) groups excluding carboxylic acids is 1. The van der Waals surface area contributed by atoms with Gasteiger partial charge in [-0.15, -0.1) is 0 Å². The molecule has 9 heterocycles. The lowest BCUT2D eigenvalue weighted by Gasteiger charge is -2.70. The van der Waals surface area contributed by atoms with Crippen molar-refractivity contribution in [3.05, 3.63) is 64.9 Å². The van der Waals surface area contributed by atoms with E-state index in [1.807, 2.05) is 0 Å². The van der Waals surface area contributed by atoms with Crippen molar-refractivity contribution in [2.75, 3.05) is 70.4 Å². The number of carbonyl (C=O) groups is 1. The van der Waals surface area contributed by atoms with Gasteiger partial charge in [0.25, 0.3) is 0 Å². The number of aliphatic hydroxyl groups is 1. The number of ether oxygens (including phenoxy) is 4. The van der Waals surface area contributed by atoms with E-state index in [1.54, 1.807) is 7.11 Å². The van der Waals surface area contributed by atoms with Gasteiger partial charge >= 0.3 is 5.97 Å². The molecule has 11 atom stereocenters. The van der Waals surface area contributed by atoms with Crippen molar-refractivity contribution < 1.29 is 28.8 Å². The maximum Gasteiger partial charge on any atom is 0.335 e. The largest absolute Gasteiger partial charge is 0.497 e. The molecule has 13 rings (SSSR count). The number of anilines is 2. The SMILES string of the molecule is COC(=O)C1=C2Nc3ccccc3[C@@]23CCN2C[C@]4(C[C@@H]5C[C@]67CCO[C@H]6CCN6CC[C@@]8(c9ccc(OC)cc9N(C4)[C@@]58O)[C@@H]67)[C@@H]4OCC[C@]4(C1)[C@H]23. The summed E-state index contributed by atoms with van der Waals surface area (Å²) < 4.78 is 25.4. The number of nitrogens with one attached hydrogen (secondary N) is 1. The minimum absolute atomic E-state index is 0.0142. The van der Waals surface area contributed by atoms with Crippen molar-refractivity contribution in [2.45, 2.75) is 92.2 Å². The van der Waals surface area contributed by atoms with E-state index in [0.29, 0.717) is 13.0 Å². The van der Waals surface area contributed by atoms with Gasteiger partial charge in [-0.3, -0.25) is 9.80 Å². The summed E-state index contributed by atoms with van der Waals surface area (Å²) in [5, 5.41) is 17.8. The lowest BCUT2D eigenvalue weighted by molar-refractivity contribution is -0.232. The highest BCUT2D eigenvalue weighted by atomic mass is 16.5. The number of piperidine rings is 3. The number of esters is 1. The number of fused-ring (bicyclic) bond motifs is 4. The second kappa shape index (κ2) is 9.62. The summed E-state index contributed by atoms with van der Waals surface area (Å²) in [7, 11) is 3.29. The second-order valence-corrected chi connectivity index (χ2v) is 19.0. The Morgan fingerprint density at radius 1 is 0.906 bits per heavy atom. The molecule has 2 aromatic carbocycles. The van der Waals surface area contributed by atoms with Gasteiger partial charge in [0.15, 0.2) is 5.72 Å². The monoisotopic (exact) mass is 718 g/mol. The third-order valence-electron chi connectivity index (χ3n) is 17.7. The second-order valence-electron chi connectivity index (χ2n) is 19.0. The molecule has 11 aliphatic rings. The predicted octanol–water partition coefficient (Wildman–Crippen LogP) is 4.16. The van der Waals surface area contributed by atoms with Crippen LogP contribution in [0.3, 0.4) is 0 Å². The van der Waals surface area contributed by atoms with Crippen molar-refractivity contribution in [3.63, 3.8) is 0 Å². The summed E-state index contributed by atoms with van der Waals surface area (Å²) in [5.41, 5.74) is 4.55. The molecule has 278 valence electrons. The van der Waals surface area contributed by atoms with Gasteiger partial charge in [-0.1, -0.05) is 24.3 Å². The molecule has 0 unspecified atom stereocenters. The summed E-state index contributed by atoms with van der Waals surface area (Å²) in [6.07, 6.45) is 7.69. The van der Waals surface area contributed by atoms with Gasteiger partial charge in [-0.2, -0.15) is 0 Å². The number of para-hydroxylation sites is 1.